The Morgan fingerprint density at radius 1 is 1.27 bits per heavy atom. The maximum Gasteiger partial charge on any atom is 0.419 e. The molecule has 26 heavy (non-hydrogen) atoms. The summed E-state index contributed by atoms with van der Waals surface area (Å²) in [5.74, 6) is -3.02. The van der Waals surface area contributed by atoms with Crippen LogP contribution in [0.4, 0.5) is 32.4 Å². The number of aromatic nitrogens is 2. The highest BCUT2D eigenvalue weighted by Crippen LogP contribution is 2.33. The summed E-state index contributed by atoms with van der Waals surface area (Å²) in [4.78, 5) is 13.2. The molecule has 0 atom stereocenters. The fourth-order valence-electron chi connectivity index (χ4n) is 2.29. The SMILES string of the molecule is CN(CCCc1cnn(C)c1)C(=O)Nc1cc(F)c(C(F)(F)F)cc1F. The van der Waals surface area contributed by atoms with Crippen molar-refractivity contribution >= 4 is 11.7 Å². The first kappa shape index (κ1) is 19.7. The molecule has 2 aromatic rings. The zero-order valence-corrected chi connectivity index (χ0v) is 14.1. The molecule has 0 bridgehead atoms. The third-order valence-electron chi connectivity index (χ3n) is 3.67. The van der Waals surface area contributed by atoms with Crippen LogP contribution in [-0.2, 0) is 19.6 Å². The molecule has 0 saturated heterocycles. The molecule has 0 aliphatic carbocycles. The number of urea groups is 1. The number of nitrogens with zero attached hydrogens (tertiary/aromatic N) is 3. The van der Waals surface area contributed by atoms with Crippen LogP contribution in [0.3, 0.4) is 0 Å². The Bertz CT molecular complexity index is 787. The number of amides is 2. The van der Waals surface area contributed by atoms with Crippen molar-refractivity contribution in [3.63, 3.8) is 0 Å². The van der Waals surface area contributed by atoms with E-state index in [4.69, 9.17) is 0 Å². The predicted octanol–water partition coefficient (Wildman–Crippen LogP) is 3.81. The molecule has 1 aromatic carbocycles. The molecule has 0 spiro atoms. The number of alkyl halides is 3. The smallest absolute Gasteiger partial charge is 0.328 e. The van der Waals surface area contributed by atoms with Gasteiger partial charge in [0.15, 0.2) is 0 Å². The molecular weight excluding hydrogens is 359 g/mol. The van der Waals surface area contributed by atoms with Crippen molar-refractivity contribution in [1.82, 2.24) is 14.7 Å². The molecular formula is C16H17F5N4O. The van der Waals surface area contributed by atoms with Gasteiger partial charge in [0.2, 0.25) is 0 Å². The van der Waals surface area contributed by atoms with E-state index in [1.54, 1.807) is 17.9 Å². The number of hydrogen-bond donors (Lipinski definition) is 1. The van der Waals surface area contributed by atoms with Gasteiger partial charge in [-0.05, 0) is 24.5 Å². The van der Waals surface area contributed by atoms with Crippen molar-refractivity contribution in [2.24, 2.45) is 7.05 Å². The minimum absolute atomic E-state index is 0.0212. The van der Waals surface area contributed by atoms with E-state index in [9.17, 15) is 26.7 Å². The van der Waals surface area contributed by atoms with Crippen LogP contribution in [0.2, 0.25) is 0 Å². The monoisotopic (exact) mass is 376 g/mol. The largest absolute Gasteiger partial charge is 0.419 e. The number of nitrogens with one attached hydrogen (secondary N) is 1. The van der Waals surface area contributed by atoms with Gasteiger partial charge in [-0.3, -0.25) is 4.68 Å². The molecule has 5 nitrogen and oxygen atoms in total. The molecule has 1 heterocycles. The summed E-state index contributed by atoms with van der Waals surface area (Å²) in [6.45, 7) is 0.311. The number of hydrogen-bond acceptors (Lipinski definition) is 2. The average Bonchev–Trinajstić information content (AvgIpc) is 2.94. The van der Waals surface area contributed by atoms with Crippen LogP contribution < -0.4 is 5.32 Å². The molecule has 142 valence electrons. The summed E-state index contributed by atoms with van der Waals surface area (Å²) >= 11 is 0. The lowest BCUT2D eigenvalue weighted by Gasteiger charge is -2.18. The van der Waals surface area contributed by atoms with Crippen LogP contribution in [0.15, 0.2) is 24.5 Å². The molecule has 1 N–H and O–H groups in total. The van der Waals surface area contributed by atoms with Crippen LogP contribution in [-0.4, -0.2) is 34.3 Å². The normalized spacial score (nSPS) is 11.5. The van der Waals surface area contributed by atoms with Crippen LogP contribution in [0.25, 0.3) is 0 Å². The van der Waals surface area contributed by atoms with Gasteiger partial charge in [-0.15, -0.1) is 0 Å². The van der Waals surface area contributed by atoms with Crippen LogP contribution >= 0.6 is 0 Å². The number of benzene rings is 1. The quantitative estimate of drug-likeness (QED) is 0.807. The molecule has 0 radical (unpaired) electrons. The molecule has 1 aromatic heterocycles. The number of rotatable bonds is 5. The van der Waals surface area contributed by atoms with Crippen LogP contribution in [0, 0.1) is 11.6 Å². The lowest BCUT2D eigenvalue weighted by Crippen LogP contribution is -2.32. The third-order valence-corrected chi connectivity index (χ3v) is 3.67. The molecule has 0 saturated carbocycles. The van der Waals surface area contributed by atoms with Crippen molar-refractivity contribution in [1.29, 1.82) is 0 Å². The Kier molecular flexibility index (Phi) is 5.83. The zero-order valence-electron chi connectivity index (χ0n) is 14.1. The van der Waals surface area contributed by atoms with Gasteiger partial charge in [-0.1, -0.05) is 0 Å². The molecule has 0 aliphatic heterocycles. The van der Waals surface area contributed by atoms with Gasteiger partial charge in [-0.25, -0.2) is 13.6 Å². The highest BCUT2D eigenvalue weighted by atomic mass is 19.4. The summed E-state index contributed by atoms with van der Waals surface area (Å²) in [6.07, 6.45) is -0.231. The van der Waals surface area contributed by atoms with E-state index in [0.29, 0.717) is 25.5 Å². The zero-order chi connectivity index (χ0) is 19.5. The van der Waals surface area contributed by atoms with Crippen molar-refractivity contribution in [2.45, 2.75) is 19.0 Å². The summed E-state index contributed by atoms with van der Waals surface area (Å²) in [5.41, 5.74) is -1.39. The van der Waals surface area contributed by atoms with E-state index in [2.05, 4.69) is 10.4 Å². The van der Waals surface area contributed by atoms with E-state index >= 15 is 0 Å². The Balaban J connectivity index is 1.94. The average molecular weight is 376 g/mol. The van der Waals surface area contributed by atoms with E-state index in [1.807, 2.05) is 6.20 Å². The molecule has 0 aliphatic rings. The van der Waals surface area contributed by atoms with E-state index < -0.39 is 35.1 Å². The predicted molar refractivity (Wildman–Crippen MR) is 84.5 cm³/mol. The third kappa shape index (κ3) is 4.93. The first-order valence-electron chi connectivity index (χ1n) is 7.64. The first-order valence-corrected chi connectivity index (χ1v) is 7.64. The maximum atomic E-state index is 13.8. The number of anilines is 1. The van der Waals surface area contributed by atoms with Gasteiger partial charge in [-0.2, -0.15) is 18.3 Å². The summed E-state index contributed by atoms with van der Waals surface area (Å²) < 4.78 is 66.5. The highest BCUT2D eigenvalue weighted by molar-refractivity contribution is 5.89. The van der Waals surface area contributed by atoms with E-state index in [-0.39, 0.29) is 6.07 Å². The Hall–Kier alpha value is -2.65. The maximum absolute atomic E-state index is 13.8. The lowest BCUT2D eigenvalue weighted by molar-refractivity contribution is -0.140. The Morgan fingerprint density at radius 2 is 1.96 bits per heavy atom. The molecule has 10 heteroatoms. The van der Waals surface area contributed by atoms with Crippen LogP contribution in [0.5, 0.6) is 0 Å². The minimum Gasteiger partial charge on any atom is -0.328 e. The van der Waals surface area contributed by atoms with Gasteiger partial charge in [0, 0.05) is 32.9 Å². The molecule has 0 fully saturated rings. The first-order chi connectivity index (χ1) is 12.1. The van der Waals surface area contributed by atoms with E-state index in [1.165, 1.54) is 11.9 Å². The summed E-state index contributed by atoms with van der Waals surface area (Å²) in [5, 5.41) is 6.08. The topological polar surface area (TPSA) is 50.2 Å². The summed E-state index contributed by atoms with van der Waals surface area (Å²) in [7, 11) is 3.22. The highest BCUT2D eigenvalue weighted by Gasteiger charge is 2.35. The second kappa shape index (κ2) is 7.71. The van der Waals surface area contributed by atoms with Crippen molar-refractivity contribution in [3.8, 4) is 0 Å². The van der Waals surface area contributed by atoms with Gasteiger partial charge >= 0.3 is 12.2 Å². The molecule has 0 unspecified atom stereocenters. The number of aryl methyl sites for hydroxylation is 2. The number of carbonyl (C=O) groups excluding carboxylic acids is 1. The van der Waals surface area contributed by atoms with Gasteiger partial charge in [0.25, 0.3) is 0 Å². The van der Waals surface area contributed by atoms with Crippen molar-refractivity contribution in [3.05, 3.63) is 47.3 Å². The fraction of sp³-hybridized carbons (Fsp3) is 0.375. The number of carbonyl (C=O) groups is 1. The number of halogens is 5. The molecule has 2 rings (SSSR count). The Labute approximate surface area is 146 Å². The van der Waals surface area contributed by atoms with E-state index in [0.717, 1.165) is 5.56 Å². The molecule has 2 amide bonds. The van der Waals surface area contributed by atoms with Gasteiger partial charge in [0.1, 0.15) is 11.6 Å². The van der Waals surface area contributed by atoms with Gasteiger partial charge < -0.3 is 10.2 Å². The van der Waals surface area contributed by atoms with Crippen molar-refractivity contribution in [2.75, 3.05) is 18.9 Å². The Morgan fingerprint density at radius 3 is 2.54 bits per heavy atom. The van der Waals surface area contributed by atoms with Crippen LogP contribution in [0.1, 0.15) is 17.5 Å². The fourth-order valence-corrected chi connectivity index (χ4v) is 2.29. The second-order valence-electron chi connectivity index (χ2n) is 5.79. The summed E-state index contributed by atoms with van der Waals surface area (Å²) in [6, 6.07) is -0.415. The second-order valence-corrected chi connectivity index (χ2v) is 5.79. The van der Waals surface area contributed by atoms with Gasteiger partial charge in [0.05, 0.1) is 17.4 Å². The lowest BCUT2D eigenvalue weighted by atomic mass is 10.1. The minimum atomic E-state index is -5.02. The van der Waals surface area contributed by atoms with Crippen molar-refractivity contribution < 1.29 is 26.7 Å². The standard InChI is InChI=1S/C16H17F5N4O/c1-24(5-3-4-10-8-22-25(2)9-10)15(26)23-14-7-12(17)11(6-13(14)18)16(19,20)21/h6-9H,3-5H2,1-2H3,(H,23,26).